The highest BCUT2D eigenvalue weighted by Crippen LogP contribution is 2.22. The van der Waals surface area contributed by atoms with E-state index in [0.717, 1.165) is 71.0 Å². The molecule has 8 rings (SSSR count). The number of nitrogens with zero attached hydrogens (tertiary/aromatic N) is 1. The summed E-state index contributed by atoms with van der Waals surface area (Å²) in [5, 5.41) is 2.48. The molecule has 0 radical (unpaired) electrons. The highest BCUT2D eigenvalue weighted by Gasteiger charge is 1.98. The Morgan fingerprint density at radius 1 is 0.413 bits per heavy atom. The van der Waals surface area contributed by atoms with E-state index in [0.29, 0.717) is 33.0 Å². The molecule has 0 unspecified atom stereocenters. The van der Waals surface area contributed by atoms with Crippen molar-refractivity contribution in [2.45, 2.75) is 6.92 Å². The van der Waals surface area contributed by atoms with E-state index in [1.165, 1.54) is 11.3 Å². The van der Waals surface area contributed by atoms with E-state index in [1.54, 1.807) is 103 Å². The third-order valence-corrected chi connectivity index (χ3v) is 8.67. The van der Waals surface area contributed by atoms with Gasteiger partial charge in [-0.15, -0.1) is 11.3 Å². The molecular weight excluding hydrogens is 834 g/mol. The van der Waals surface area contributed by atoms with Crippen LogP contribution in [0.1, 0.15) is 67.0 Å². The van der Waals surface area contributed by atoms with Crippen LogP contribution in [0.3, 0.4) is 0 Å². The molecule has 9 nitrogen and oxygen atoms in total. The van der Waals surface area contributed by atoms with Crippen molar-refractivity contribution in [3.63, 3.8) is 0 Å². The fourth-order valence-electron chi connectivity index (χ4n) is 4.64. The second-order valence-corrected chi connectivity index (χ2v) is 13.9. The fraction of sp³-hybridized carbons (Fsp3) is 0.0192. The third kappa shape index (κ3) is 21.3. The number of rotatable bonds is 10. The molecule has 6 aromatic carbocycles. The van der Waals surface area contributed by atoms with Crippen molar-refractivity contribution in [3.05, 3.63) is 243 Å². The Balaban J connectivity index is 0.000000206. The number of para-hydroxylation sites is 2. The molecule has 11 heteroatoms. The maximum Gasteiger partial charge on any atom is 0.159 e. The van der Waals surface area contributed by atoms with Crippen molar-refractivity contribution in [2.24, 2.45) is 0 Å². The summed E-state index contributed by atoms with van der Waals surface area (Å²) in [4.78, 5) is 65.6. The van der Waals surface area contributed by atoms with E-state index in [4.69, 9.17) is 21.1 Å². The minimum atomic E-state index is 0.597. The number of thiophene rings is 1. The number of hydrogen-bond donors (Lipinski definition) is 0. The summed E-state index contributed by atoms with van der Waals surface area (Å²) in [7, 11) is 0. The number of halogens is 1. The van der Waals surface area contributed by atoms with Crippen LogP contribution in [0.25, 0.3) is 0 Å². The molecule has 2 aromatic heterocycles. The lowest BCUT2D eigenvalue weighted by molar-refractivity contribution is 0.111. The molecule has 8 aromatic rings. The van der Waals surface area contributed by atoms with Crippen LogP contribution in [0.5, 0.6) is 23.0 Å². The van der Waals surface area contributed by atoms with E-state index < -0.39 is 0 Å². The number of carbonyl (C=O) groups is 6. The first-order valence-corrected chi connectivity index (χ1v) is 20.2. The van der Waals surface area contributed by atoms with E-state index in [9.17, 15) is 28.8 Å². The maximum absolute atomic E-state index is 10.6. The van der Waals surface area contributed by atoms with Crippen LogP contribution in [0.2, 0.25) is 5.02 Å². The van der Waals surface area contributed by atoms with Crippen molar-refractivity contribution < 1.29 is 38.2 Å². The molecule has 0 N–H and O–H groups in total. The average Bonchev–Trinajstić information content (AvgIpc) is 3.88. The number of aldehydes is 6. The first-order chi connectivity index (χ1) is 30.8. The van der Waals surface area contributed by atoms with E-state index in [-0.39, 0.29) is 0 Å². The predicted molar refractivity (Wildman–Crippen MR) is 249 cm³/mol. The number of carbonyl (C=O) groups excluding carboxylic acids is 6. The van der Waals surface area contributed by atoms with Crippen molar-refractivity contribution in [1.82, 2.24) is 4.98 Å². The Morgan fingerprint density at radius 2 is 0.873 bits per heavy atom. The molecule has 0 amide bonds. The molecule has 316 valence electrons. The Kier molecular flexibility index (Phi) is 23.7. The van der Waals surface area contributed by atoms with Crippen LogP contribution in [-0.2, 0) is 0 Å². The van der Waals surface area contributed by atoms with Crippen LogP contribution in [0, 0.1) is 6.92 Å². The standard InChI is InChI=1S/2C13H10O2.C8H8O.C7H5ClO.C6H5NO.C5H4OS/c14-10-11-5-4-8-13(9-11)15-12-6-2-1-3-7-12;14-10-11-6-8-13(9-7-11)15-12-4-2-1-3-5-12;1-7-3-2-4-8(5-7)6-9;8-7-3-1-2-6(4-7)5-9;8-5-6-1-3-7-4-2-6;6-4-5-2-1-3-7-5/h2*1-10H;2-6H,1H3;1-5H;1-5H;1-4H. The van der Waals surface area contributed by atoms with Gasteiger partial charge in [0.2, 0.25) is 0 Å². The molecule has 0 bridgehead atoms. The highest BCUT2D eigenvalue weighted by atomic mass is 35.5. The van der Waals surface area contributed by atoms with Gasteiger partial charge < -0.3 is 9.47 Å². The number of aryl methyl sites for hydroxylation is 1. The maximum atomic E-state index is 10.6. The molecular formula is C52H42ClNO8S. The molecule has 0 aliphatic rings. The Bertz CT molecular complexity index is 2490. The lowest BCUT2D eigenvalue weighted by Gasteiger charge is -2.04. The summed E-state index contributed by atoms with van der Waals surface area (Å²) >= 11 is 7.02. The molecule has 0 aliphatic heterocycles. The molecule has 0 saturated carbocycles. The van der Waals surface area contributed by atoms with Crippen molar-refractivity contribution in [1.29, 1.82) is 0 Å². The predicted octanol–water partition coefficient (Wildman–Crippen LogP) is 13.0. The first kappa shape index (κ1) is 49.4. The minimum Gasteiger partial charge on any atom is -0.457 e. The second-order valence-electron chi connectivity index (χ2n) is 12.4. The zero-order chi connectivity index (χ0) is 45.3. The summed E-state index contributed by atoms with van der Waals surface area (Å²) in [5.41, 5.74) is 4.41. The van der Waals surface area contributed by atoms with Crippen LogP contribution in [0.4, 0.5) is 0 Å². The normalized spacial score (nSPS) is 9.17. The molecule has 0 spiro atoms. The topological polar surface area (TPSA) is 134 Å². The van der Waals surface area contributed by atoms with E-state index in [2.05, 4.69) is 4.98 Å². The van der Waals surface area contributed by atoms with Crippen LogP contribution in [-0.4, -0.2) is 42.7 Å². The molecule has 0 fully saturated rings. The lowest BCUT2D eigenvalue weighted by atomic mass is 10.2. The Hall–Kier alpha value is -7.92. The van der Waals surface area contributed by atoms with Gasteiger partial charge in [0.05, 0.1) is 4.88 Å². The van der Waals surface area contributed by atoms with Gasteiger partial charge in [0.25, 0.3) is 0 Å². The Labute approximate surface area is 375 Å². The highest BCUT2D eigenvalue weighted by molar-refractivity contribution is 7.11. The summed E-state index contributed by atoms with van der Waals surface area (Å²) < 4.78 is 11.1. The van der Waals surface area contributed by atoms with E-state index >= 15 is 0 Å². The molecule has 63 heavy (non-hydrogen) atoms. The van der Waals surface area contributed by atoms with Gasteiger partial charge in [-0.25, -0.2) is 0 Å². The summed E-state index contributed by atoms with van der Waals surface area (Å²) in [6.07, 6.45) is 8.06. The van der Waals surface area contributed by atoms with Crippen LogP contribution in [0.15, 0.2) is 200 Å². The van der Waals surface area contributed by atoms with Crippen molar-refractivity contribution in [2.75, 3.05) is 0 Å². The summed E-state index contributed by atoms with van der Waals surface area (Å²) in [6, 6.07) is 54.3. The van der Waals surface area contributed by atoms with Gasteiger partial charge in [-0.3, -0.25) is 33.8 Å². The average molecular weight is 876 g/mol. The number of ether oxygens (including phenoxy) is 2. The van der Waals surface area contributed by atoms with Gasteiger partial charge in [0.1, 0.15) is 54.4 Å². The number of aromatic nitrogens is 1. The van der Waals surface area contributed by atoms with Gasteiger partial charge in [0, 0.05) is 45.2 Å². The number of pyridine rings is 1. The van der Waals surface area contributed by atoms with Crippen molar-refractivity contribution in [3.8, 4) is 23.0 Å². The first-order valence-electron chi connectivity index (χ1n) is 18.9. The zero-order valence-corrected chi connectivity index (χ0v) is 35.6. The largest absolute Gasteiger partial charge is 0.457 e. The van der Waals surface area contributed by atoms with Gasteiger partial charge in [-0.1, -0.05) is 102 Å². The summed E-state index contributed by atoms with van der Waals surface area (Å²) in [5.74, 6) is 2.95. The van der Waals surface area contributed by atoms with E-state index in [1.807, 2.05) is 103 Å². The fourth-order valence-corrected chi connectivity index (χ4v) is 5.36. The lowest BCUT2D eigenvalue weighted by Crippen LogP contribution is -1.85. The summed E-state index contributed by atoms with van der Waals surface area (Å²) in [6.45, 7) is 1.97. The van der Waals surface area contributed by atoms with Gasteiger partial charge in [-0.05, 0) is 109 Å². The molecule has 0 atom stereocenters. The van der Waals surface area contributed by atoms with Gasteiger partial charge in [-0.2, -0.15) is 0 Å². The third-order valence-electron chi connectivity index (χ3n) is 7.63. The SMILES string of the molecule is Cc1cccc(C=O)c1.O=Cc1ccc(Oc2ccccc2)cc1.O=Cc1cccc(Cl)c1.O=Cc1cccc(Oc2ccccc2)c1.O=Cc1cccs1.O=Cc1ccncc1. The molecule has 0 saturated heterocycles. The van der Waals surface area contributed by atoms with Crippen molar-refractivity contribution >= 4 is 60.7 Å². The zero-order valence-electron chi connectivity index (χ0n) is 34.0. The second kappa shape index (κ2) is 30.2. The quantitative estimate of drug-likeness (QED) is 0.123. The van der Waals surface area contributed by atoms with Gasteiger partial charge >= 0.3 is 0 Å². The molecule has 2 heterocycles. The Morgan fingerprint density at radius 3 is 1.30 bits per heavy atom. The van der Waals surface area contributed by atoms with Crippen LogP contribution >= 0.6 is 22.9 Å². The smallest absolute Gasteiger partial charge is 0.159 e. The molecule has 0 aliphatic carbocycles. The number of benzene rings is 6. The van der Waals surface area contributed by atoms with Gasteiger partial charge in [0.15, 0.2) is 6.29 Å². The van der Waals surface area contributed by atoms with Crippen LogP contribution < -0.4 is 9.47 Å². The number of hydrogen-bond acceptors (Lipinski definition) is 10. The minimum absolute atomic E-state index is 0.597. The monoisotopic (exact) mass is 875 g/mol.